The number of aromatic nitrogens is 1. The van der Waals surface area contributed by atoms with Crippen molar-refractivity contribution in [3.63, 3.8) is 0 Å². The molecule has 0 saturated carbocycles. The summed E-state index contributed by atoms with van der Waals surface area (Å²) in [5.41, 5.74) is 3.26. The maximum atomic E-state index is 13.5. The number of amides is 2. The molecule has 0 aliphatic carbocycles. The van der Waals surface area contributed by atoms with Crippen LogP contribution in [0.5, 0.6) is 0 Å². The molecular weight excluding hydrogens is 522 g/mol. The highest BCUT2D eigenvalue weighted by atomic mass is 35.5. The summed E-state index contributed by atoms with van der Waals surface area (Å²) >= 11 is 6.19. The zero-order valence-corrected chi connectivity index (χ0v) is 22.7. The molecule has 5 rings (SSSR count). The lowest BCUT2D eigenvalue weighted by Crippen LogP contribution is -2.32. The zero-order valence-electron chi connectivity index (χ0n) is 21.1. The number of halogens is 1. The number of benzene rings is 3. The van der Waals surface area contributed by atoms with Gasteiger partial charge in [-0.05, 0) is 73.4 Å². The van der Waals surface area contributed by atoms with Crippen molar-refractivity contribution in [2.24, 2.45) is 0 Å². The molecule has 1 atom stereocenters. The van der Waals surface area contributed by atoms with Gasteiger partial charge in [-0.2, -0.15) is 0 Å². The van der Waals surface area contributed by atoms with Gasteiger partial charge in [0, 0.05) is 34.6 Å². The molecule has 9 heteroatoms. The molecule has 3 aromatic carbocycles. The fourth-order valence-electron chi connectivity index (χ4n) is 5.08. The van der Waals surface area contributed by atoms with Gasteiger partial charge in [-0.1, -0.05) is 41.9 Å². The average molecular weight is 550 g/mol. The Kier molecular flexibility index (Phi) is 7.03. The highest BCUT2D eigenvalue weighted by Gasteiger charge is 2.27. The molecule has 196 valence electrons. The normalized spacial score (nSPS) is 14.6. The third-order valence-corrected chi connectivity index (χ3v) is 8.20. The number of aryl methyl sites for hydroxylation is 1. The second kappa shape index (κ2) is 10.3. The van der Waals surface area contributed by atoms with Gasteiger partial charge in [0.25, 0.3) is 11.8 Å². The molecule has 1 fully saturated rings. The first-order valence-corrected chi connectivity index (χ1v) is 14.6. The van der Waals surface area contributed by atoms with Crippen LogP contribution in [0.2, 0.25) is 5.02 Å². The number of nitrogens with zero attached hydrogens (tertiary/aromatic N) is 2. The minimum absolute atomic E-state index is 0.0227. The molecule has 1 aliphatic rings. The maximum absolute atomic E-state index is 13.5. The molecule has 38 heavy (non-hydrogen) atoms. The minimum Gasteiger partial charge on any atom is -0.340 e. The van der Waals surface area contributed by atoms with Crippen molar-refractivity contribution in [3.8, 4) is 0 Å². The molecule has 1 N–H and O–H groups in total. The summed E-state index contributed by atoms with van der Waals surface area (Å²) in [6.45, 7) is 3.32. The van der Waals surface area contributed by atoms with Crippen molar-refractivity contribution < 1.29 is 18.0 Å². The van der Waals surface area contributed by atoms with E-state index < -0.39 is 16.1 Å². The summed E-state index contributed by atoms with van der Waals surface area (Å²) in [6.07, 6.45) is 3.14. The van der Waals surface area contributed by atoms with Gasteiger partial charge in [0.05, 0.1) is 23.5 Å². The summed E-state index contributed by atoms with van der Waals surface area (Å²) in [5.74, 6) is -0.407. The average Bonchev–Trinajstić information content (AvgIpc) is 3.55. The van der Waals surface area contributed by atoms with Crippen LogP contribution >= 0.6 is 11.6 Å². The predicted molar refractivity (Wildman–Crippen MR) is 149 cm³/mol. The molecule has 1 aromatic heterocycles. The number of likely N-dealkylation sites (tertiary alicyclic amines) is 1. The molecule has 4 aromatic rings. The first-order chi connectivity index (χ1) is 18.1. The van der Waals surface area contributed by atoms with E-state index >= 15 is 0 Å². The molecule has 1 aliphatic heterocycles. The summed E-state index contributed by atoms with van der Waals surface area (Å²) in [4.78, 5) is 28.3. The molecule has 1 unspecified atom stereocenters. The second-order valence-electron chi connectivity index (χ2n) is 9.65. The van der Waals surface area contributed by atoms with Crippen LogP contribution in [0.25, 0.3) is 10.9 Å². The first kappa shape index (κ1) is 26.0. The Morgan fingerprint density at radius 3 is 2.32 bits per heavy atom. The van der Waals surface area contributed by atoms with Gasteiger partial charge in [0.2, 0.25) is 10.0 Å². The quantitative estimate of drug-likeness (QED) is 0.359. The first-order valence-electron chi connectivity index (χ1n) is 12.4. The molecule has 0 spiro atoms. The van der Waals surface area contributed by atoms with Crippen LogP contribution < -0.4 is 5.32 Å². The van der Waals surface area contributed by atoms with Crippen LogP contribution in [0.4, 0.5) is 0 Å². The van der Waals surface area contributed by atoms with Crippen molar-refractivity contribution in [3.05, 3.63) is 106 Å². The van der Waals surface area contributed by atoms with Crippen molar-refractivity contribution in [1.29, 1.82) is 0 Å². The van der Waals surface area contributed by atoms with E-state index in [0.29, 0.717) is 38.3 Å². The van der Waals surface area contributed by atoms with Gasteiger partial charge in [-0.25, -0.2) is 12.4 Å². The van der Waals surface area contributed by atoms with E-state index in [9.17, 15) is 18.0 Å². The number of hydrogen-bond acceptors (Lipinski definition) is 4. The zero-order chi connectivity index (χ0) is 27.0. The van der Waals surface area contributed by atoms with Gasteiger partial charge in [0.1, 0.15) is 0 Å². The Balaban J connectivity index is 1.54. The van der Waals surface area contributed by atoms with Crippen LogP contribution in [-0.2, 0) is 10.0 Å². The van der Waals surface area contributed by atoms with Crippen molar-refractivity contribution in [1.82, 2.24) is 14.2 Å². The van der Waals surface area contributed by atoms with E-state index in [1.165, 1.54) is 3.97 Å². The lowest BCUT2D eigenvalue weighted by atomic mass is 10.0. The van der Waals surface area contributed by atoms with E-state index in [1.807, 2.05) is 42.2 Å². The van der Waals surface area contributed by atoms with Crippen LogP contribution in [0, 0.1) is 6.92 Å². The largest absolute Gasteiger partial charge is 0.340 e. The second-order valence-corrected chi connectivity index (χ2v) is 11.9. The molecule has 0 radical (unpaired) electrons. The minimum atomic E-state index is -3.73. The summed E-state index contributed by atoms with van der Waals surface area (Å²) in [5, 5.41) is 4.16. The molecular formula is C29H28ClN3O4S. The van der Waals surface area contributed by atoms with Gasteiger partial charge in [-0.3, -0.25) is 9.59 Å². The standard InChI is InChI=1S/C29H28ClN3O4S/c1-19-16-21(10-12-24(19)29(35)32-14-6-7-15-32)28(34)31-27(20-8-4-3-5-9-20)26-18-22-17-23(30)11-13-25(22)33(26)38(2,36)37/h3-5,8-13,16-18,27H,6-7,14-15H2,1-2H3,(H,31,34). The van der Waals surface area contributed by atoms with E-state index in [-0.39, 0.29) is 11.8 Å². The Hall–Kier alpha value is -3.62. The van der Waals surface area contributed by atoms with E-state index in [2.05, 4.69) is 5.32 Å². The number of carbonyl (C=O) groups excluding carboxylic acids is 2. The third kappa shape index (κ3) is 5.06. The lowest BCUT2D eigenvalue weighted by molar-refractivity contribution is 0.0791. The monoisotopic (exact) mass is 549 g/mol. The van der Waals surface area contributed by atoms with Crippen molar-refractivity contribution >= 4 is 44.3 Å². The highest BCUT2D eigenvalue weighted by molar-refractivity contribution is 7.89. The van der Waals surface area contributed by atoms with Gasteiger partial charge in [0.15, 0.2) is 0 Å². The van der Waals surface area contributed by atoms with Crippen LogP contribution in [-0.4, -0.2) is 48.4 Å². The number of carbonyl (C=O) groups is 2. The van der Waals surface area contributed by atoms with Crippen LogP contribution in [0.1, 0.15) is 56.4 Å². The van der Waals surface area contributed by atoms with Gasteiger partial charge < -0.3 is 10.2 Å². The highest BCUT2D eigenvalue weighted by Crippen LogP contribution is 2.32. The third-order valence-electron chi connectivity index (χ3n) is 6.89. The number of hydrogen-bond donors (Lipinski definition) is 1. The van der Waals surface area contributed by atoms with E-state index in [4.69, 9.17) is 11.6 Å². The summed E-state index contributed by atoms with van der Waals surface area (Å²) < 4.78 is 27.1. The smallest absolute Gasteiger partial charge is 0.254 e. The van der Waals surface area contributed by atoms with Crippen LogP contribution in [0.3, 0.4) is 0 Å². The van der Waals surface area contributed by atoms with E-state index in [0.717, 1.165) is 37.8 Å². The maximum Gasteiger partial charge on any atom is 0.254 e. The molecule has 0 bridgehead atoms. The summed E-state index contributed by atoms with van der Waals surface area (Å²) in [6, 6.07) is 20.2. The number of nitrogens with one attached hydrogen (secondary N) is 1. The van der Waals surface area contributed by atoms with Crippen LogP contribution in [0.15, 0.2) is 72.8 Å². The fourth-order valence-corrected chi connectivity index (χ4v) is 6.32. The van der Waals surface area contributed by atoms with Gasteiger partial charge >= 0.3 is 0 Å². The Labute approximate surface area is 227 Å². The van der Waals surface area contributed by atoms with Crippen molar-refractivity contribution in [2.75, 3.05) is 19.3 Å². The number of rotatable bonds is 6. The Morgan fingerprint density at radius 1 is 0.947 bits per heavy atom. The van der Waals surface area contributed by atoms with Gasteiger partial charge in [-0.15, -0.1) is 0 Å². The number of fused-ring (bicyclic) bond motifs is 1. The Morgan fingerprint density at radius 2 is 1.66 bits per heavy atom. The predicted octanol–water partition coefficient (Wildman–Crippen LogP) is 5.17. The lowest BCUT2D eigenvalue weighted by Gasteiger charge is -2.22. The molecule has 7 nitrogen and oxygen atoms in total. The molecule has 1 saturated heterocycles. The Bertz CT molecular complexity index is 1640. The SMILES string of the molecule is Cc1cc(C(=O)NC(c2ccccc2)c2cc3cc(Cl)ccc3n2S(C)(=O)=O)ccc1C(=O)N1CCCC1. The molecule has 2 heterocycles. The topological polar surface area (TPSA) is 88.5 Å². The van der Waals surface area contributed by atoms with E-state index in [1.54, 1.807) is 42.5 Å². The van der Waals surface area contributed by atoms with Crippen molar-refractivity contribution in [2.45, 2.75) is 25.8 Å². The fraction of sp³-hybridized carbons (Fsp3) is 0.241. The molecule has 2 amide bonds. The summed E-state index contributed by atoms with van der Waals surface area (Å²) in [7, 11) is -3.73.